The zero-order chi connectivity index (χ0) is 49.4. The second-order valence-electron chi connectivity index (χ2n) is 18.9. The molecule has 0 saturated carbocycles. The van der Waals surface area contributed by atoms with Crippen LogP contribution in [-0.4, -0.2) is 113 Å². The maximum Gasteiger partial charge on any atom is 0.417 e. The van der Waals surface area contributed by atoms with E-state index in [1.165, 1.54) is 34.5 Å². The third-order valence-electron chi connectivity index (χ3n) is 12.2. The van der Waals surface area contributed by atoms with Gasteiger partial charge in [-0.3, -0.25) is 28.9 Å². The van der Waals surface area contributed by atoms with Crippen LogP contribution in [0.15, 0.2) is 54.9 Å². The van der Waals surface area contributed by atoms with Crippen molar-refractivity contribution >= 4 is 57.4 Å². The molecule has 0 fully saturated rings. The molecule has 67 heavy (non-hydrogen) atoms. The van der Waals surface area contributed by atoms with Crippen LogP contribution in [0.1, 0.15) is 121 Å². The molecule has 0 bridgehead atoms. The van der Waals surface area contributed by atoms with E-state index in [1.54, 1.807) is 31.9 Å². The van der Waals surface area contributed by atoms with Crippen LogP contribution in [0.4, 0.5) is 18.2 Å². The molecule has 2 aromatic heterocycles. The van der Waals surface area contributed by atoms with Gasteiger partial charge in [0.05, 0.1) is 33.6 Å². The number of hydrogen-bond donors (Lipinski definition) is 3. The molecular formula is C49H64ClF3N8O5S. The van der Waals surface area contributed by atoms with E-state index < -0.39 is 39.9 Å². The topological polar surface area (TPSA) is 149 Å². The summed E-state index contributed by atoms with van der Waals surface area (Å²) in [5.74, 6) is -1.69. The molecule has 1 aliphatic carbocycles. The third kappa shape index (κ3) is 14.0. The first kappa shape index (κ1) is 52.9. The fraction of sp³-hybridized carbons (Fsp3) is 0.510. The Kier molecular flexibility index (Phi) is 17.6. The number of carbonyl (C=O) groups is 5. The molecule has 0 radical (unpaired) electrons. The van der Waals surface area contributed by atoms with E-state index in [-0.39, 0.29) is 47.4 Å². The van der Waals surface area contributed by atoms with E-state index in [0.29, 0.717) is 61.7 Å². The van der Waals surface area contributed by atoms with Gasteiger partial charge in [0.25, 0.3) is 5.91 Å². The number of rotatable bonds is 21. The summed E-state index contributed by atoms with van der Waals surface area (Å²) in [5.41, 5.74) is 0.538. The van der Waals surface area contributed by atoms with Crippen molar-refractivity contribution in [3.63, 3.8) is 0 Å². The Hall–Kier alpha value is -5.10. The number of amides is 4. The number of aromatic nitrogens is 2. The van der Waals surface area contributed by atoms with Gasteiger partial charge in [0, 0.05) is 75.3 Å². The molecule has 4 amide bonds. The van der Waals surface area contributed by atoms with Crippen molar-refractivity contribution in [1.82, 2.24) is 35.1 Å². The number of likely N-dealkylation sites (N-methyl/N-ethyl adjacent to an activating group) is 2. The zero-order valence-corrected chi connectivity index (χ0v) is 41.5. The molecule has 18 heteroatoms. The highest BCUT2D eigenvalue weighted by Gasteiger charge is 2.36. The summed E-state index contributed by atoms with van der Waals surface area (Å²) in [6.07, 6.45) is 1.80. The number of halogens is 4. The van der Waals surface area contributed by atoms with Gasteiger partial charge in [0.2, 0.25) is 17.7 Å². The summed E-state index contributed by atoms with van der Waals surface area (Å²) in [7, 11) is 5.51. The van der Waals surface area contributed by atoms with Gasteiger partial charge in [-0.2, -0.15) is 18.3 Å². The summed E-state index contributed by atoms with van der Waals surface area (Å²) >= 11 is 7.22. The second kappa shape index (κ2) is 22.3. The van der Waals surface area contributed by atoms with Crippen molar-refractivity contribution in [3.8, 4) is 5.69 Å². The van der Waals surface area contributed by atoms with Crippen LogP contribution in [0.3, 0.4) is 0 Å². The van der Waals surface area contributed by atoms with Crippen LogP contribution >= 0.6 is 22.9 Å². The number of thiophene rings is 1. The SMILES string of the molecule is CCC(CC)N(CCN(C)C(=O)CCC(=O)NC(C)(C)C(=O)NCCN(C)C)Cc1cccc(C(=O)Nc2sc3c(c2C(=O)c2cnn(-c4ccc(Cl)c(C(F)(F)F)c4)c2)CCC(C)(C)C3)c1. The highest BCUT2D eigenvalue weighted by atomic mass is 35.5. The van der Waals surface area contributed by atoms with Gasteiger partial charge >= 0.3 is 6.18 Å². The van der Waals surface area contributed by atoms with E-state index in [9.17, 15) is 37.1 Å². The van der Waals surface area contributed by atoms with E-state index in [0.717, 1.165) is 47.4 Å². The highest BCUT2D eigenvalue weighted by Crippen LogP contribution is 2.45. The lowest BCUT2D eigenvalue weighted by Gasteiger charge is -2.32. The predicted molar refractivity (Wildman–Crippen MR) is 257 cm³/mol. The lowest BCUT2D eigenvalue weighted by molar-refractivity contribution is -0.137. The molecule has 4 aromatic rings. The van der Waals surface area contributed by atoms with Gasteiger partial charge < -0.3 is 25.8 Å². The minimum atomic E-state index is -4.68. The van der Waals surface area contributed by atoms with E-state index in [4.69, 9.17) is 11.6 Å². The molecule has 3 N–H and O–H groups in total. The van der Waals surface area contributed by atoms with Crippen molar-refractivity contribution in [2.75, 3.05) is 52.6 Å². The number of nitrogens with one attached hydrogen (secondary N) is 3. The van der Waals surface area contributed by atoms with Gasteiger partial charge in [0.15, 0.2) is 5.78 Å². The van der Waals surface area contributed by atoms with E-state index in [1.807, 2.05) is 37.2 Å². The Morgan fingerprint density at radius 3 is 2.34 bits per heavy atom. The van der Waals surface area contributed by atoms with Crippen molar-refractivity contribution < 1.29 is 37.1 Å². The van der Waals surface area contributed by atoms with E-state index in [2.05, 4.69) is 53.6 Å². The van der Waals surface area contributed by atoms with Crippen molar-refractivity contribution in [2.24, 2.45) is 5.41 Å². The normalized spacial score (nSPS) is 13.7. The number of alkyl halides is 3. The first-order valence-corrected chi connectivity index (χ1v) is 23.9. The van der Waals surface area contributed by atoms with Gasteiger partial charge in [-0.25, -0.2) is 4.68 Å². The van der Waals surface area contributed by atoms with Crippen molar-refractivity contribution in [1.29, 1.82) is 0 Å². The average Bonchev–Trinajstić information content (AvgIpc) is 3.89. The van der Waals surface area contributed by atoms with Gasteiger partial charge in [0.1, 0.15) is 10.5 Å². The Labute approximate surface area is 400 Å². The molecule has 2 aromatic carbocycles. The molecule has 1 aliphatic rings. The Balaban J connectivity index is 1.27. The molecule has 5 rings (SSSR count). The zero-order valence-electron chi connectivity index (χ0n) is 40.0. The number of ketones is 1. The van der Waals surface area contributed by atoms with Gasteiger partial charge in [-0.05, 0) is 107 Å². The lowest BCUT2D eigenvalue weighted by Crippen LogP contribution is -2.55. The standard InChI is InChI=1S/C49H64ClF3N8O5S/c1-10-34(11-2)60(24-23-59(9)41(63)18-17-40(62)57-48(5,6)46(66)54-21-22-58(7)8)29-31-13-12-14-32(25-31)44(65)56-45-42(36-19-20-47(3,4)27-39(36)67-45)43(64)33-28-55-61(30-33)35-15-16-38(50)37(26-35)49(51,52)53/h12-16,25-26,28,30,34H,10-11,17-24,27,29H2,1-9H3,(H,54,66)(H,56,65)(H,57,62). The Bertz CT molecular complexity index is 2430. The van der Waals surface area contributed by atoms with Gasteiger partial charge in [-0.15, -0.1) is 11.3 Å². The van der Waals surface area contributed by atoms with Crippen LogP contribution in [-0.2, 0) is 39.9 Å². The number of carbonyl (C=O) groups excluding carboxylic acids is 5. The minimum absolute atomic E-state index is 0.0136. The smallest absolute Gasteiger partial charge is 0.353 e. The predicted octanol–water partition coefficient (Wildman–Crippen LogP) is 8.41. The molecule has 0 atom stereocenters. The lowest BCUT2D eigenvalue weighted by atomic mass is 9.76. The first-order chi connectivity index (χ1) is 31.4. The Morgan fingerprint density at radius 2 is 1.67 bits per heavy atom. The summed E-state index contributed by atoms with van der Waals surface area (Å²) in [6.45, 7) is 14.3. The minimum Gasteiger partial charge on any atom is -0.353 e. The van der Waals surface area contributed by atoms with Gasteiger partial charge in [-0.1, -0.05) is 51.4 Å². The van der Waals surface area contributed by atoms with E-state index >= 15 is 0 Å². The number of nitrogens with zero attached hydrogens (tertiary/aromatic N) is 5. The average molecular weight is 970 g/mol. The van der Waals surface area contributed by atoms with Crippen LogP contribution in [0, 0.1) is 5.41 Å². The fourth-order valence-electron chi connectivity index (χ4n) is 8.15. The van der Waals surface area contributed by atoms with Crippen molar-refractivity contribution in [3.05, 3.63) is 98.1 Å². The van der Waals surface area contributed by atoms with Crippen LogP contribution < -0.4 is 16.0 Å². The highest BCUT2D eigenvalue weighted by molar-refractivity contribution is 7.17. The van der Waals surface area contributed by atoms with Crippen molar-refractivity contribution in [2.45, 2.75) is 111 Å². The molecule has 0 unspecified atom stereocenters. The summed E-state index contributed by atoms with van der Waals surface area (Å²) < 4.78 is 42.2. The molecule has 364 valence electrons. The van der Waals surface area contributed by atoms with Crippen LogP contribution in [0.2, 0.25) is 5.02 Å². The second-order valence-corrected chi connectivity index (χ2v) is 20.4. The number of hydrogen-bond acceptors (Lipinski definition) is 9. The van der Waals surface area contributed by atoms with Crippen LogP contribution in [0.25, 0.3) is 5.69 Å². The third-order valence-corrected chi connectivity index (χ3v) is 13.7. The molecule has 2 heterocycles. The molecule has 13 nitrogen and oxygen atoms in total. The number of anilines is 1. The molecule has 0 spiro atoms. The largest absolute Gasteiger partial charge is 0.417 e. The number of fused-ring (bicyclic) bond motifs is 1. The quantitative estimate of drug-likeness (QED) is 0.0706. The maximum atomic E-state index is 14.4. The monoisotopic (exact) mass is 968 g/mol. The Morgan fingerprint density at radius 1 is 0.955 bits per heavy atom. The first-order valence-electron chi connectivity index (χ1n) is 22.7. The maximum absolute atomic E-state index is 14.4. The molecule has 0 saturated heterocycles. The fourth-order valence-corrected chi connectivity index (χ4v) is 9.87. The summed E-state index contributed by atoms with van der Waals surface area (Å²) in [6, 6.07) is 10.9. The molecule has 0 aliphatic heterocycles. The summed E-state index contributed by atoms with van der Waals surface area (Å²) in [5, 5.41) is 12.8. The molecular weight excluding hydrogens is 905 g/mol. The van der Waals surface area contributed by atoms with Crippen LogP contribution in [0.5, 0.6) is 0 Å². The number of benzene rings is 2. The summed E-state index contributed by atoms with van der Waals surface area (Å²) in [4.78, 5) is 74.0.